The second-order valence-electron chi connectivity index (χ2n) is 4.77. The van der Waals surface area contributed by atoms with Crippen LogP contribution in [0, 0.1) is 0 Å². The zero-order valence-electron chi connectivity index (χ0n) is 10.8. The minimum Gasteiger partial charge on any atom is -0.412 e. The van der Waals surface area contributed by atoms with Crippen molar-refractivity contribution in [1.82, 2.24) is 10.2 Å². The molecule has 1 saturated heterocycles. The number of hydrogen-bond acceptors (Lipinski definition) is 6. The van der Waals surface area contributed by atoms with Gasteiger partial charge in [-0.2, -0.15) is 5.90 Å². The van der Waals surface area contributed by atoms with Gasteiger partial charge in [0.25, 0.3) is 11.8 Å². The number of rotatable bonds is 2. The van der Waals surface area contributed by atoms with Crippen molar-refractivity contribution in [1.29, 1.82) is 0 Å². The van der Waals surface area contributed by atoms with Gasteiger partial charge >= 0.3 is 0 Å². The van der Waals surface area contributed by atoms with Gasteiger partial charge in [-0.05, 0) is 24.6 Å². The van der Waals surface area contributed by atoms with Crippen molar-refractivity contribution >= 4 is 23.6 Å². The van der Waals surface area contributed by atoms with Gasteiger partial charge in [0, 0.05) is 6.42 Å². The first kappa shape index (κ1) is 13.3. The van der Waals surface area contributed by atoms with Gasteiger partial charge in [0.2, 0.25) is 11.8 Å². The number of piperidine rings is 1. The van der Waals surface area contributed by atoms with Crippen molar-refractivity contribution in [3.63, 3.8) is 0 Å². The summed E-state index contributed by atoms with van der Waals surface area (Å²) < 4.78 is 0. The topological polar surface area (TPSA) is 119 Å². The number of nitrogens with zero attached hydrogens (tertiary/aromatic N) is 1. The van der Waals surface area contributed by atoms with Gasteiger partial charge in [-0.1, -0.05) is 0 Å². The number of carbonyl (C=O) groups is 4. The van der Waals surface area contributed by atoms with Gasteiger partial charge in [-0.15, -0.1) is 0 Å². The number of fused-ring (bicyclic) bond motifs is 1. The molecule has 0 aliphatic carbocycles. The van der Waals surface area contributed by atoms with Crippen molar-refractivity contribution in [3.8, 4) is 5.75 Å². The van der Waals surface area contributed by atoms with Gasteiger partial charge in [0.1, 0.15) is 11.8 Å². The average molecular weight is 289 g/mol. The van der Waals surface area contributed by atoms with Crippen LogP contribution < -0.4 is 16.1 Å². The van der Waals surface area contributed by atoms with Crippen LogP contribution in [0.3, 0.4) is 0 Å². The summed E-state index contributed by atoms with van der Waals surface area (Å²) in [5.41, 5.74) is 0.318. The van der Waals surface area contributed by atoms with Crippen LogP contribution >= 0.6 is 0 Å². The highest BCUT2D eigenvalue weighted by atomic mass is 16.6. The maximum atomic E-state index is 12.3. The van der Waals surface area contributed by atoms with Crippen LogP contribution in [0.25, 0.3) is 0 Å². The third-order valence-corrected chi connectivity index (χ3v) is 3.55. The average Bonchev–Trinajstić information content (AvgIpc) is 2.71. The molecule has 1 aromatic carbocycles. The monoisotopic (exact) mass is 289 g/mol. The molecular formula is C13H11N3O5. The van der Waals surface area contributed by atoms with Crippen LogP contribution in [0.1, 0.15) is 33.6 Å². The molecule has 21 heavy (non-hydrogen) atoms. The molecule has 0 radical (unpaired) electrons. The Kier molecular flexibility index (Phi) is 2.95. The lowest BCUT2D eigenvalue weighted by molar-refractivity contribution is -0.136. The quantitative estimate of drug-likeness (QED) is 0.551. The molecule has 0 aromatic heterocycles. The molecule has 1 unspecified atom stereocenters. The van der Waals surface area contributed by atoms with E-state index in [4.69, 9.17) is 5.90 Å². The highest BCUT2D eigenvalue weighted by Gasteiger charge is 2.44. The minimum atomic E-state index is -0.975. The largest absolute Gasteiger partial charge is 0.412 e. The Morgan fingerprint density at radius 1 is 1.14 bits per heavy atom. The molecule has 1 atom stereocenters. The van der Waals surface area contributed by atoms with Gasteiger partial charge in [-0.3, -0.25) is 29.4 Å². The molecule has 4 amide bonds. The number of nitrogens with two attached hydrogens (primary N) is 1. The summed E-state index contributed by atoms with van der Waals surface area (Å²) in [6.45, 7) is 0. The number of amides is 4. The van der Waals surface area contributed by atoms with Crippen LogP contribution in [0.15, 0.2) is 18.2 Å². The summed E-state index contributed by atoms with van der Waals surface area (Å²) in [5, 5.41) is 2.13. The summed E-state index contributed by atoms with van der Waals surface area (Å²) >= 11 is 0. The van der Waals surface area contributed by atoms with E-state index >= 15 is 0 Å². The number of imide groups is 2. The highest BCUT2D eigenvalue weighted by molar-refractivity contribution is 6.23. The predicted molar refractivity (Wildman–Crippen MR) is 67.9 cm³/mol. The maximum absolute atomic E-state index is 12.3. The second-order valence-corrected chi connectivity index (χ2v) is 4.77. The molecule has 0 bridgehead atoms. The zero-order chi connectivity index (χ0) is 15.1. The van der Waals surface area contributed by atoms with Crippen LogP contribution in [-0.2, 0) is 9.59 Å². The smallest absolute Gasteiger partial charge is 0.262 e. The summed E-state index contributed by atoms with van der Waals surface area (Å²) in [6, 6.07) is 3.25. The Morgan fingerprint density at radius 3 is 2.52 bits per heavy atom. The second kappa shape index (κ2) is 4.67. The fraction of sp³-hybridized carbons (Fsp3) is 0.231. The Hall–Kier alpha value is -2.74. The molecule has 2 heterocycles. The van der Waals surface area contributed by atoms with E-state index in [2.05, 4.69) is 10.2 Å². The van der Waals surface area contributed by atoms with E-state index in [1.54, 1.807) is 0 Å². The van der Waals surface area contributed by atoms with Gasteiger partial charge < -0.3 is 4.84 Å². The molecular weight excluding hydrogens is 278 g/mol. The van der Waals surface area contributed by atoms with Crippen LogP contribution in [0.4, 0.5) is 0 Å². The summed E-state index contributed by atoms with van der Waals surface area (Å²) in [7, 11) is 0. The maximum Gasteiger partial charge on any atom is 0.262 e. The third-order valence-electron chi connectivity index (χ3n) is 3.55. The standard InChI is InChI=1S/C13H11N3O5/c14-21-6-1-2-7-8(5-6)13(20)16(12(7)19)9-3-4-10(17)15-11(9)18/h1-2,5,9H,3-4,14H2,(H,15,17,18). The summed E-state index contributed by atoms with van der Waals surface area (Å²) in [6.07, 6.45) is 0.206. The molecule has 8 heteroatoms. The molecule has 1 fully saturated rings. The first-order chi connectivity index (χ1) is 10.0. The molecule has 8 nitrogen and oxygen atoms in total. The third kappa shape index (κ3) is 1.96. The normalized spacial score (nSPS) is 21.4. The highest BCUT2D eigenvalue weighted by Crippen LogP contribution is 2.29. The van der Waals surface area contributed by atoms with Gasteiger partial charge in [-0.25, -0.2) is 0 Å². The SMILES string of the molecule is NOc1ccc2c(c1)C(=O)N(C1CCC(=O)NC1=O)C2=O. The molecule has 0 spiro atoms. The van der Waals surface area contributed by atoms with Gasteiger partial charge in [0.15, 0.2) is 0 Å². The molecule has 3 rings (SSSR count). The zero-order valence-corrected chi connectivity index (χ0v) is 10.8. The van der Waals surface area contributed by atoms with Crippen molar-refractivity contribution in [2.24, 2.45) is 5.90 Å². The van der Waals surface area contributed by atoms with E-state index in [-0.39, 0.29) is 29.7 Å². The molecule has 2 aliphatic rings. The summed E-state index contributed by atoms with van der Waals surface area (Å²) in [5.74, 6) is 3.05. The summed E-state index contributed by atoms with van der Waals surface area (Å²) in [4.78, 5) is 53.0. The van der Waals surface area contributed by atoms with Crippen LogP contribution in [-0.4, -0.2) is 34.6 Å². The van der Waals surface area contributed by atoms with Crippen LogP contribution in [0.5, 0.6) is 5.75 Å². The molecule has 108 valence electrons. The lowest BCUT2D eigenvalue weighted by Crippen LogP contribution is -2.54. The van der Waals surface area contributed by atoms with Gasteiger partial charge in [0.05, 0.1) is 11.1 Å². The molecule has 0 saturated carbocycles. The van der Waals surface area contributed by atoms with Crippen molar-refractivity contribution in [2.75, 3.05) is 0 Å². The number of benzene rings is 1. The Bertz CT molecular complexity index is 684. The lowest BCUT2D eigenvalue weighted by Gasteiger charge is -2.27. The van der Waals surface area contributed by atoms with E-state index in [0.29, 0.717) is 0 Å². The van der Waals surface area contributed by atoms with E-state index in [1.807, 2.05) is 0 Å². The minimum absolute atomic E-state index is 0.0843. The molecule has 2 aliphatic heterocycles. The van der Waals surface area contributed by atoms with Crippen molar-refractivity contribution in [2.45, 2.75) is 18.9 Å². The predicted octanol–water partition coefficient (Wildman–Crippen LogP) is -0.660. The molecule has 3 N–H and O–H groups in total. The van der Waals surface area contributed by atoms with E-state index in [1.165, 1.54) is 18.2 Å². The fourth-order valence-corrected chi connectivity index (χ4v) is 2.52. The molecule has 1 aromatic rings. The number of hydrogen-bond donors (Lipinski definition) is 2. The Morgan fingerprint density at radius 2 is 1.86 bits per heavy atom. The van der Waals surface area contributed by atoms with E-state index < -0.39 is 29.7 Å². The first-order valence-corrected chi connectivity index (χ1v) is 6.25. The number of carbonyl (C=O) groups excluding carboxylic acids is 4. The van der Waals surface area contributed by atoms with Crippen molar-refractivity contribution in [3.05, 3.63) is 29.3 Å². The Labute approximate surface area is 118 Å². The van der Waals surface area contributed by atoms with Crippen molar-refractivity contribution < 1.29 is 24.0 Å². The van der Waals surface area contributed by atoms with Crippen LogP contribution in [0.2, 0.25) is 0 Å². The Balaban J connectivity index is 1.96. The fourth-order valence-electron chi connectivity index (χ4n) is 2.52. The van der Waals surface area contributed by atoms with E-state index in [0.717, 1.165) is 4.90 Å². The number of nitrogens with one attached hydrogen (secondary N) is 1. The lowest BCUT2D eigenvalue weighted by atomic mass is 10.0. The first-order valence-electron chi connectivity index (χ1n) is 6.25. The van der Waals surface area contributed by atoms with E-state index in [9.17, 15) is 19.2 Å².